The molecule has 3 aromatic rings. The Kier molecular flexibility index (Phi) is 8.76. The highest BCUT2D eigenvalue weighted by Gasteiger charge is 2.11. The molecule has 1 aromatic carbocycles. The van der Waals surface area contributed by atoms with E-state index in [-0.39, 0.29) is 24.0 Å². The number of nitrogens with zero attached hydrogens (tertiary/aromatic N) is 4. The first-order valence-corrected chi connectivity index (χ1v) is 9.99. The summed E-state index contributed by atoms with van der Waals surface area (Å²) in [5, 5.41) is 3.39. The second-order valence-corrected chi connectivity index (χ2v) is 7.77. The van der Waals surface area contributed by atoms with Gasteiger partial charge >= 0.3 is 0 Å². The van der Waals surface area contributed by atoms with Gasteiger partial charge in [0, 0.05) is 56.0 Å². The van der Waals surface area contributed by atoms with Gasteiger partial charge in [-0.1, -0.05) is 17.7 Å². The lowest BCUT2D eigenvalue weighted by Gasteiger charge is -2.22. The third-order valence-electron chi connectivity index (χ3n) is 4.56. The maximum absolute atomic E-state index is 5.63. The zero-order valence-electron chi connectivity index (χ0n) is 17.1. The highest BCUT2D eigenvalue weighted by atomic mass is 127. The van der Waals surface area contributed by atoms with Crippen LogP contribution in [0.5, 0.6) is 0 Å². The molecule has 0 fully saturated rings. The molecule has 2 aromatic heterocycles. The lowest BCUT2D eigenvalue weighted by Crippen LogP contribution is -2.39. The van der Waals surface area contributed by atoms with Crippen LogP contribution >= 0.6 is 39.9 Å². The van der Waals surface area contributed by atoms with E-state index >= 15 is 0 Å². The molecule has 2 heterocycles. The molecule has 6 nitrogen and oxygen atoms in total. The number of nitrogens with one attached hydrogen (secondary N) is 1. The van der Waals surface area contributed by atoms with Gasteiger partial charge in [-0.25, -0.2) is 4.98 Å². The normalized spacial score (nSPS) is 11.3. The molecule has 0 saturated carbocycles. The van der Waals surface area contributed by atoms with Crippen molar-refractivity contribution >= 4 is 45.9 Å². The second kappa shape index (κ2) is 10.8. The van der Waals surface area contributed by atoms with Gasteiger partial charge in [0.25, 0.3) is 0 Å². The van der Waals surface area contributed by atoms with Gasteiger partial charge in [-0.05, 0) is 41.1 Å². The number of aliphatic imine (C=N–C) groups is 1. The van der Waals surface area contributed by atoms with Gasteiger partial charge in [-0.2, -0.15) is 0 Å². The van der Waals surface area contributed by atoms with E-state index in [1.165, 1.54) is 11.3 Å². The standard InChI is InChI=1S/C21H26BrN5O.HI/c1-15-5-7-16(8-6-15)20-25-18(14-28-20)9-10-24-21(23-2)27(4)13-19-11-17(22)12-26(19)3;/h5-8,11-12,14H,9-10,13H2,1-4H3,(H,23,24);1H. The Morgan fingerprint density at radius 3 is 2.66 bits per heavy atom. The van der Waals surface area contributed by atoms with Crippen molar-refractivity contribution in [3.63, 3.8) is 0 Å². The van der Waals surface area contributed by atoms with Crippen LogP contribution in [0.25, 0.3) is 11.5 Å². The van der Waals surface area contributed by atoms with Crippen molar-refractivity contribution in [3.8, 4) is 11.5 Å². The topological polar surface area (TPSA) is 58.6 Å². The average Bonchev–Trinajstić information content (AvgIpc) is 3.25. The van der Waals surface area contributed by atoms with Gasteiger partial charge in [0.1, 0.15) is 6.26 Å². The minimum absolute atomic E-state index is 0. The summed E-state index contributed by atoms with van der Waals surface area (Å²) in [6.07, 6.45) is 4.54. The van der Waals surface area contributed by atoms with Crippen LogP contribution in [0.15, 0.2) is 56.7 Å². The molecule has 8 heteroatoms. The molecule has 0 aliphatic heterocycles. The van der Waals surface area contributed by atoms with Gasteiger partial charge in [0.15, 0.2) is 5.96 Å². The molecule has 1 N–H and O–H groups in total. The highest BCUT2D eigenvalue weighted by molar-refractivity contribution is 14.0. The number of aromatic nitrogens is 2. The van der Waals surface area contributed by atoms with Crippen molar-refractivity contribution < 1.29 is 4.42 Å². The van der Waals surface area contributed by atoms with E-state index in [0.29, 0.717) is 5.89 Å². The van der Waals surface area contributed by atoms with Gasteiger partial charge in [-0.15, -0.1) is 24.0 Å². The Labute approximate surface area is 197 Å². The van der Waals surface area contributed by atoms with Gasteiger partial charge < -0.3 is 19.2 Å². The summed E-state index contributed by atoms with van der Waals surface area (Å²) in [4.78, 5) is 11.1. The molecular weight excluding hydrogens is 545 g/mol. The van der Waals surface area contributed by atoms with E-state index in [9.17, 15) is 0 Å². The molecule has 0 aliphatic rings. The maximum atomic E-state index is 5.63. The molecule has 0 amide bonds. The fraction of sp³-hybridized carbons (Fsp3) is 0.333. The number of benzene rings is 1. The van der Waals surface area contributed by atoms with E-state index < -0.39 is 0 Å². The predicted octanol–water partition coefficient (Wildman–Crippen LogP) is 4.62. The van der Waals surface area contributed by atoms with Crippen molar-refractivity contribution in [2.75, 3.05) is 20.6 Å². The van der Waals surface area contributed by atoms with Crippen LogP contribution in [-0.2, 0) is 20.0 Å². The van der Waals surface area contributed by atoms with Crippen molar-refractivity contribution in [2.24, 2.45) is 12.0 Å². The second-order valence-electron chi connectivity index (χ2n) is 6.85. The summed E-state index contributed by atoms with van der Waals surface area (Å²) < 4.78 is 8.82. The molecule has 0 radical (unpaired) electrons. The van der Waals surface area contributed by atoms with Gasteiger partial charge in [0.05, 0.1) is 12.2 Å². The minimum Gasteiger partial charge on any atom is -0.444 e. The number of oxazole rings is 1. The lowest BCUT2D eigenvalue weighted by atomic mass is 10.1. The van der Waals surface area contributed by atoms with Crippen LogP contribution in [0.2, 0.25) is 0 Å². The molecule has 0 atom stereocenters. The molecule has 0 spiro atoms. The maximum Gasteiger partial charge on any atom is 0.226 e. The third-order valence-corrected chi connectivity index (χ3v) is 5.00. The van der Waals surface area contributed by atoms with Crippen molar-refractivity contribution in [2.45, 2.75) is 19.9 Å². The van der Waals surface area contributed by atoms with Crippen molar-refractivity contribution in [1.29, 1.82) is 0 Å². The quantitative estimate of drug-likeness (QED) is 0.266. The third kappa shape index (κ3) is 6.33. The number of halogens is 2. The first-order valence-electron chi connectivity index (χ1n) is 9.20. The average molecular weight is 572 g/mol. The summed E-state index contributed by atoms with van der Waals surface area (Å²) in [6, 6.07) is 10.3. The zero-order valence-corrected chi connectivity index (χ0v) is 21.1. The van der Waals surface area contributed by atoms with E-state index in [0.717, 1.165) is 41.2 Å². The fourth-order valence-corrected chi connectivity index (χ4v) is 3.55. The number of guanidine groups is 1. The van der Waals surface area contributed by atoms with E-state index in [1.807, 2.05) is 26.2 Å². The molecule has 0 aliphatic carbocycles. The largest absolute Gasteiger partial charge is 0.444 e. The van der Waals surface area contributed by atoms with Crippen molar-refractivity contribution in [3.05, 3.63) is 64.2 Å². The smallest absolute Gasteiger partial charge is 0.226 e. The van der Waals surface area contributed by atoms with E-state index in [2.05, 4.69) is 72.0 Å². The zero-order chi connectivity index (χ0) is 20.1. The number of hydrogen-bond donors (Lipinski definition) is 1. The molecule has 0 unspecified atom stereocenters. The lowest BCUT2D eigenvalue weighted by molar-refractivity contribution is 0.462. The van der Waals surface area contributed by atoms with Crippen LogP contribution in [0.4, 0.5) is 0 Å². The Bertz CT molecular complexity index is 948. The number of aryl methyl sites for hydroxylation is 2. The molecule has 0 bridgehead atoms. The first kappa shape index (κ1) is 23.5. The molecule has 156 valence electrons. The molecular formula is C21H27BrIN5O. The van der Waals surface area contributed by atoms with Gasteiger partial charge in [0.2, 0.25) is 5.89 Å². The van der Waals surface area contributed by atoms with Crippen LogP contribution < -0.4 is 5.32 Å². The monoisotopic (exact) mass is 571 g/mol. The Morgan fingerprint density at radius 2 is 2.03 bits per heavy atom. The highest BCUT2D eigenvalue weighted by Crippen LogP contribution is 2.19. The fourth-order valence-electron chi connectivity index (χ4n) is 2.98. The van der Waals surface area contributed by atoms with E-state index in [1.54, 1.807) is 13.3 Å². The van der Waals surface area contributed by atoms with Crippen LogP contribution in [0.1, 0.15) is 17.0 Å². The predicted molar refractivity (Wildman–Crippen MR) is 132 cm³/mol. The number of rotatable bonds is 6. The van der Waals surface area contributed by atoms with Crippen molar-refractivity contribution in [1.82, 2.24) is 19.8 Å². The van der Waals surface area contributed by atoms with Crippen LogP contribution in [0, 0.1) is 6.92 Å². The molecule has 3 rings (SSSR count). The minimum atomic E-state index is 0. The molecule has 29 heavy (non-hydrogen) atoms. The number of hydrogen-bond acceptors (Lipinski definition) is 3. The van der Waals surface area contributed by atoms with Crippen LogP contribution in [0.3, 0.4) is 0 Å². The molecule has 0 saturated heterocycles. The van der Waals surface area contributed by atoms with Crippen LogP contribution in [-0.4, -0.2) is 41.1 Å². The summed E-state index contributed by atoms with van der Waals surface area (Å²) in [5.41, 5.74) is 4.34. The SMILES string of the molecule is CN=C(NCCc1coc(-c2ccc(C)cc2)n1)N(C)Cc1cc(Br)cn1C.I. The Hall–Kier alpha value is -1.81. The summed E-state index contributed by atoms with van der Waals surface area (Å²) in [5.74, 6) is 1.50. The van der Waals surface area contributed by atoms with Gasteiger partial charge in [-0.3, -0.25) is 4.99 Å². The summed E-state index contributed by atoms with van der Waals surface area (Å²) in [6.45, 7) is 3.56. The Balaban J connectivity index is 0.00000300. The summed E-state index contributed by atoms with van der Waals surface area (Å²) >= 11 is 3.52. The summed E-state index contributed by atoms with van der Waals surface area (Å²) in [7, 11) is 5.87. The van der Waals surface area contributed by atoms with E-state index in [4.69, 9.17) is 4.42 Å². The Morgan fingerprint density at radius 1 is 1.31 bits per heavy atom. The first-order chi connectivity index (χ1) is 13.5.